The number of nitrogens with two attached hydrogens (primary N) is 1. The van der Waals surface area contributed by atoms with Crippen LogP contribution in [0.25, 0.3) is 0 Å². The zero-order valence-electron chi connectivity index (χ0n) is 18.9. The molecule has 4 atom stereocenters. The van der Waals surface area contributed by atoms with E-state index in [1.807, 2.05) is 5.32 Å². The molecule has 0 radical (unpaired) electrons. The smallest absolute Gasteiger partial charge is 0.326 e. The summed E-state index contributed by atoms with van der Waals surface area (Å²) in [5.74, 6) is -7.28. The number of carboxylic acid groups (broad SMARTS) is 3. The van der Waals surface area contributed by atoms with Gasteiger partial charge in [-0.1, -0.05) is 12.1 Å². The molecule has 15 heteroatoms. The maximum Gasteiger partial charge on any atom is 0.326 e. The second-order valence-corrected chi connectivity index (χ2v) is 8.08. The van der Waals surface area contributed by atoms with Crippen molar-refractivity contribution in [3.63, 3.8) is 0 Å². The van der Waals surface area contributed by atoms with Gasteiger partial charge in [0.05, 0.1) is 12.5 Å². The van der Waals surface area contributed by atoms with Gasteiger partial charge in [-0.15, -0.1) is 0 Å². The molecule has 1 rings (SSSR count). The number of aromatic hydroxyl groups is 1. The SMILES string of the molecule is NC(CCC(=O)O)C(=O)NC(Cc1ccc(O)cc1)C(=O)NC(CS)C(=O)NC(CC(=O)O)C(=O)O. The summed E-state index contributed by atoms with van der Waals surface area (Å²) in [6.45, 7) is 0. The van der Waals surface area contributed by atoms with Crippen molar-refractivity contribution in [1.82, 2.24) is 16.0 Å². The quantitative estimate of drug-likeness (QED) is 0.113. The molecule has 0 heterocycles. The molecule has 0 aliphatic heterocycles. The predicted octanol–water partition coefficient (Wildman–Crippen LogP) is -1.93. The molecule has 0 fully saturated rings. The van der Waals surface area contributed by atoms with Crippen LogP contribution in [-0.2, 0) is 35.2 Å². The van der Waals surface area contributed by atoms with Gasteiger partial charge in [0, 0.05) is 18.6 Å². The molecule has 0 bridgehead atoms. The van der Waals surface area contributed by atoms with Crippen LogP contribution >= 0.6 is 12.6 Å². The van der Waals surface area contributed by atoms with Gasteiger partial charge < -0.3 is 42.1 Å². The number of carbonyl (C=O) groups is 6. The number of hydrogen-bond acceptors (Lipinski definition) is 9. The van der Waals surface area contributed by atoms with Crippen LogP contribution in [0.1, 0.15) is 24.8 Å². The van der Waals surface area contributed by atoms with Gasteiger partial charge in [-0.25, -0.2) is 4.79 Å². The molecule has 0 spiro atoms. The van der Waals surface area contributed by atoms with Gasteiger partial charge in [-0.2, -0.15) is 12.6 Å². The summed E-state index contributed by atoms with van der Waals surface area (Å²) in [5.41, 5.74) is 6.21. The first-order valence-corrected chi connectivity index (χ1v) is 11.2. The van der Waals surface area contributed by atoms with E-state index in [1.165, 1.54) is 24.3 Å². The van der Waals surface area contributed by atoms with Crippen LogP contribution in [0.2, 0.25) is 0 Å². The van der Waals surface area contributed by atoms with E-state index in [2.05, 4.69) is 23.3 Å². The number of thiol groups is 1. The summed E-state index contributed by atoms with van der Waals surface area (Å²) in [6.07, 6.45) is -1.59. The van der Waals surface area contributed by atoms with Gasteiger partial charge >= 0.3 is 17.9 Å². The number of amides is 3. The lowest BCUT2D eigenvalue weighted by Gasteiger charge is -2.24. The third-order valence-electron chi connectivity index (χ3n) is 4.82. The van der Waals surface area contributed by atoms with Crippen molar-refractivity contribution in [3.05, 3.63) is 29.8 Å². The Bertz CT molecular complexity index is 972. The average molecular weight is 529 g/mol. The Labute approximate surface area is 210 Å². The summed E-state index contributed by atoms with van der Waals surface area (Å²) in [6, 6.07) is -0.0246. The number of carbonyl (C=O) groups excluding carboxylic acids is 3. The highest BCUT2D eigenvalue weighted by Crippen LogP contribution is 2.12. The summed E-state index contributed by atoms with van der Waals surface area (Å²) < 4.78 is 0. The van der Waals surface area contributed by atoms with Crippen molar-refractivity contribution < 1.29 is 49.2 Å². The zero-order valence-corrected chi connectivity index (χ0v) is 19.8. The Morgan fingerprint density at radius 3 is 1.83 bits per heavy atom. The zero-order chi connectivity index (χ0) is 27.4. The summed E-state index contributed by atoms with van der Waals surface area (Å²) in [5, 5.41) is 42.9. The number of aliphatic carboxylic acids is 3. The van der Waals surface area contributed by atoms with E-state index < -0.39 is 66.2 Å². The first-order chi connectivity index (χ1) is 16.8. The Balaban J connectivity index is 3.02. The lowest BCUT2D eigenvalue weighted by Crippen LogP contribution is -2.58. The van der Waals surface area contributed by atoms with Gasteiger partial charge in [0.1, 0.15) is 23.9 Å². The largest absolute Gasteiger partial charge is 0.508 e. The van der Waals surface area contributed by atoms with Crippen LogP contribution in [0, 0.1) is 0 Å². The average Bonchev–Trinajstić information content (AvgIpc) is 2.80. The summed E-state index contributed by atoms with van der Waals surface area (Å²) >= 11 is 3.97. The second kappa shape index (κ2) is 14.5. The van der Waals surface area contributed by atoms with Crippen LogP contribution in [-0.4, -0.2) is 86.0 Å². The Hall–Kier alpha value is -3.85. The number of rotatable bonds is 15. The standard InChI is InChI=1S/C21H28N4O10S/c22-12(5-6-16(27)28)18(31)23-13(7-10-1-3-11(26)4-2-10)19(32)25-15(9-36)20(33)24-14(21(34)35)8-17(29)30/h1-4,12-15,26,36H,5-9,22H2,(H,23,31)(H,24,33)(H,25,32)(H,27,28)(H,29,30)(H,34,35). The predicted molar refractivity (Wildman–Crippen MR) is 126 cm³/mol. The first kappa shape index (κ1) is 30.2. The molecule has 198 valence electrons. The molecule has 1 aromatic rings. The Morgan fingerprint density at radius 2 is 1.33 bits per heavy atom. The molecule has 0 saturated heterocycles. The van der Waals surface area contributed by atoms with Crippen LogP contribution in [0.4, 0.5) is 0 Å². The number of hydrogen-bond donors (Lipinski definition) is 9. The topological polar surface area (TPSA) is 245 Å². The van der Waals surface area contributed by atoms with Crippen molar-refractivity contribution >= 4 is 48.3 Å². The van der Waals surface area contributed by atoms with Gasteiger partial charge in [0.15, 0.2) is 0 Å². The first-order valence-electron chi connectivity index (χ1n) is 10.6. The van der Waals surface area contributed by atoms with E-state index in [4.69, 9.17) is 21.1 Å². The third kappa shape index (κ3) is 10.6. The summed E-state index contributed by atoms with van der Waals surface area (Å²) in [4.78, 5) is 70.7. The number of phenolic OH excluding ortho intramolecular Hbond substituents is 1. The highest BCUT2D eigenvalue weighted by molar-refractivity contribution is 7.80. The molecule has 0 saturated carbocycles. The molecule has 1 aromatic carbocycles. The molecule has 0 aliphatic carbocycles. The van der Waals surface area contributed by atoms with Crippen molar-refractivity contribution in [3.8, 4) is 5.75 Å². The maximum absolute atomic E-state index is 13.0. The number of nitrogens with one attached hydrogen (secondary N) is 3. The number of phenols is 1. The minimum Gasteiger partial charge on any atom is -0.508 e. The van der Waals surface area contributed by atoms with Crippen molar-refractivity contribution in [1.29, 1.82) is 0 Å². The number of benzene rings is 1. The molecule has 9 N–H and O–H groups in total. The molecule has 0 aromatic heterocycles. The third-order valence-corrected chi connectivity index (χ3v) is 5.19. The highest BCUT2D eigenvalue weighted by Gasteiger charge is 2.30. The van der Waals surface area contributed by atoms with E-state index in [1.54, 1.807) is 0 Å². The molecule has 14 nitrogen and oxygen atoms in total. The lowest BCUT2D eigenvalue weighted by molar-refractivity contribution is -0.147. The normalized spacial score (nSPS) is 13.9. The van der Waals surface area contributed by atoms with Gasteiger partial charge in [0.2, 0.25) is 17.7 Å². The second-order valence-electron chi connectivity index (χ2n) is 7.71. The molecule has 4 unspecified atom stereocenters. The molecule has 36 heavy (non-hydrogen) atoms. The fourth-order valence-corrected chi connectivity index (χ4v) is 3.14. The molecule has 0 aliphatic rings. The van der Waals surface area contributed by atoms with Crippen molar-refractivity contribution in [2.24, 2.45) is 5.73 Å². The van der Waals surface area contributed by atoms with E-state index in [9.17, 15) is 33.9 Å². The van der Waals surface area contributed by atoms with Crippen molar-refractivity contribution in [2.45, 2.75) is 49.9 Å². The Kier molecular flexibility index (Phi) is 12.2. The monoisotopic (exact) mass is 528 g/mol. The van der Waals surface area contributed by atoms with E-state index >= 15 is 0 Å². The van der Waals surface area contributed by atoms with E-state index in [0.29, 0.717) is 5.56 Å². The minimum absolute atomic E-state index is 0.0411. The fourth-order valence-electron chi connectivity index (χ4n) is 2.88. The highest BCUT2D eigenvalue weighted by atomic mass is 32.1. The van der Waals surface area contributed by atoms with Crippen LogP contribution in [0.3, 0.4) is 0 Å². The molecular formula is C21H28N4O10S. The van der Waals surface area contributed by atoms with Crippen LogP contribution in [0.5, 0.6) is 5.75 Å². The van der Waals surface area contributed by atoms with Crippen LogP contribution in [0.15, 0.2) is 24.3 Å². The summed E-state index contributed by atoms with van der Waals surface area (Å²) in [7, 11) is 0. The fraction of sp³-hybridized carbons (Fsp3) is 0.429. The van der Waals surface area contributed by atoms with E-state index in [-0.39, 0.29) is 30.8 Å². The van der Waals surface area contributed by atoms with Crippen LogP contribution < -0.4 is 21.7 Å². The maximum atomic E-state index is 13.0. The van der Waals surface area contributed by atoms with E-state index in [0.717, 1.165) is 0 Å². The molecule has 3 amide bonds. The van der Waals surface area contributed by atoms with Gasteiger partial charge in [-0.05, 0) is 24.1 Å². The van der Waals surface area contributed by atoms with Crippen molar-refractivity contribution in [2.75, 3.05) is 5.75 Å². The van der Waals surface area contributed by atoms with Gasteiger partial charge in [-0.3, -0.25) is 24.0 Å². The molecular weight excluding hydrogens is 500 g/mol. The minimum atomic E-state index is -1.76. The van der Waals surface area contributed by atoms with Gasteiger partial charge in [0.25, 0.3) is 0 Å². The number of carboxylic acids is 3. The Morgan fingerprint density at radius 1 is 0.806 bits per heavy atom. The lowest BCUT2D eigenvalue weighted by atomic mass is 10.0.